The third-order valence-corrected chi connectivity index (χ3v) is 9.44. The van der Waals surface area contributed by atoms with E-state index in [1.165, 1.54) is 39.9 Å². The second-order valence-corrected chi connectivity index (χ2v) is 12.2. The molecule has 0 spiro atoms. The minimum atomic E-state index is -3.58. The van der Waals surface area contributed by atoms with E-state index in [0.29, 0.717) is 48.3 Å². The fourth-order valence-electron chi connectivity index (χ4n) is 4.58. The van der Waals surface area contributed by atoms with Gasteiger partial charge < -0.3 is 5.32 Å². The number of hydrogen-bond donors (Lipinski definition) is 1. The van der Waals surface area contributed by atoms with E-state index in [1.54, 1.807) is 30.5 Å². The Morgan fingerprint density at radius 1 is 1.00 bits per heavy atom. The summed E-state index contributed by atoms with van der Waals surface area (Å²) in [5.41, 5.74) is 2.97. The molecule has 1 aliphatic rings. The fourth-order valence-corrected chi connectivity index (χ4v) is 6.89. The second kappa shape index (κ2) is 10.1. The molecule has 12 heteroatoms. The first-order valence-corrected chi connectivity index (χ1v) is 14.7. The molecule has 0 saturated carbocycles. The molecule has 194 valence electrons. The van der Waals surface area contributed by atoms with E-state index in [-0.39, 0.29) is 16.8 Å². The van der Waals surface area contributed by atoms with Gasteiger partial charge in [0.1, 0.15) is 11.5 Å². The van der Waals surface area contributed by atoms with Gasteiger partial charge in [-0.25, -0.2) is 27.8 Å². The third-order valence-electron chi connectivity index (χ3n) is 6.52. The number of fused-ring (bicyclic) bond motifs is 1. The van der Waals surface area contributed by atoms with Gasteiger partial charge in [0.15, 0.2) is 4.96 Å². The van der Waals surface area contributed by atoms with Crippen molar-refractivity contribution in [3.63, 3.8) is 0 Å². The number of halogens is 2. The van der Waals surface area contributed by atoms with Crippen molar-refractivity contribution in [2.75, 3.05) is 18.4 Å². The highest BCUT2D eigenvalue weighted by Crippen LogP contribution is 2.34. The van der Waals surface area contributed by atoms with Crippen LogP contribution >= 0.6 is 22.9 Å². The molecular weight excluding hydrogens is 547 g/mol. The predicted molar refractivity (Wildman–Crippen MR) is 146 cm³/mol. The summed E-state index contributed by atoms with van der Waals surface area (Å²) in [5, 5.41) is 5.82. The number of piperidine rings is 1. The van der Waals surface area contributed by atoms with E-state index in [0.717, 1.165) is 16.2 Å². The molecule has 6 rings (SSSR count). The van der Waals surface area contributed by atoms with Crippen molar-refractivity contribution >= 4 is 43.9 Å². The molecule has 0 bridgehead atoms. The minimum Gasteiger partial charge on any atom is -0.351 e. The highest BCUT2D eigenvalue weighted by atomic mass is 35.5. The standard InChI is InChI=1S/C26H22ClFN6O2S2/c27-18-3-7-21(8-4-18)38(35,36)33-13-10-20(11-14-33)30-25-29-12-9-22(31-25)24-23(17-1-5-19(28)6-2-17)32-26-34(24)15-16-37-26/h1-9,12,15-16,20H,10-11,13-14H2,(H,29,30,31). The molecule has 0 atom stereocenters. The lowest BCUT2D eigenvalue weighted by atomic mass is 10.1. The predicted octanol–water partition coefficient (Wildman–Crippen LogP) is 5.58. The topological polar surface area (TPSA) is 92.5 Å². The van der Waals surface area contributed by atoms with Crippen LogP contribution in [0.2, 0.25) is 5.02 Å². The summed E-state index contributed by atoms with van der Waals surface area (Å²) in [6, 6.07) is 14.3. The molecule has 8 nitrogen and oxygen atoms in total. The Balaban J connectivity index is 1.21. The number of nitrogens with one attached hydrogen (secondary N) is 1. The lowest BCUT2D eigenvalue weighted by Gasteiger charge is -2.31. The first kappa shape index (κ1) is 24.9. The highest BCUT2D eigenvalue weighted by Gasteiger charge is 2.30. The third kappa shape index (κ3) is 4.78. The molecular formula is C26H22ClFN6O2S2. The van der Waals surface area contributed by atoms with Crippen LogP contribution in [0.4, 0.5) is 10.3 Å². The quantitative estimate of drug-likeness (QED) is 0.287. The molecule has 0 unspecified atom stereocenters. The van der Waals surface area contributed by atoms with Crippen LogP contribution in [0.5, 0.6) is 0 Å². The van der Waals surface area contributed by atoms with Crippen LogP contribution in [0.1, 0.15) is 12.8 Å². The average molecular weight is 569 g/mol. The maximum absolute atomic E-state index is 13.5. The second-order valence-electron chi connectivity index (χ2n) is 8.91. The Kier molecular flexibility index (Phi) is 6.60. The first-order chi connectivity index (χ1) is 18.4. The van der Waals surface area contributed by atoms with Gasteiger partial charge in [0.25, 0.3) is 0 Å². The number of nitrogens with zero attached hydrogens (tertiary/aromatic N) is 5. The minimum absolute atomic E-state index is 0.0186. The van der Waals surface area contributed by atoms with Crippen LogP contribution in [-0.4, -0.2) is 51.2 Å². The van der Waals surface area contributed by atoms with Crippen molar-refractivity contribution in [2.24, 2.45) is 0 Å². The van der Waals surface area contributed by atoms with Gasteiger partial charge in [0, 0.05) is 47.5 Å². The zero-order valence-electron chi connectivity index (χ0n) is 20.0. The summed E-state index contributed by atoms with van der Waals surface area (Å²) >= 11 is 7.42. The largest absolute Gasteiger partial charge is 0.351 e. The number of sulfonamides is 1. The molecule has 0 amide bonds. The van der Waals surface area contributed by atoms with Crippen molar-refractivity contribution in [2.45, 2.75) is 23.8 Å². The normalized spacial score (nSPS) is 15.2. The molecule has 2 aromatic carbocycles. The Labute approximate surface area is 227 Å². The number of hydrogen-bond acceptors (Lipinski definition) is 7. The summed E-state index contributed by atoms with van der Waals surface area (Å²) in [4.78, 5) is 15.0. The van der Waals surface area contributed by atoms with Gasteiger partial charge in [-0.2, -0.15) is 4.31 Å². The zero-order chi connectivity index (χ0) is 26.3. The molecule has 0 aliphatic carbocycles. The zero-order valence-corrected chi connectivity index (χ0v) is 22.3. The Bertz CT molecular complexity index is 1700. The van der Waals surface area contributed by atoms with E-state index in [9.17, 15) is 12.8 Å². The van der Waals surface area contributed by atoms with Crippen molar-refractivity contribution in [1.29, 1.82) is 0 Å². The summed E-state index contributed by atoms with van der Waals surface area (Å²) in [7, 11) is -3.58. The molecule has 1 N–H and O–H groups in total. The van der Waals surface area contributed by atoms with Gasteiger partial charge in [0.2, 0.25) is 16.0 Å². The maximum Gasteiger partial charge on any atom is 0.243 e. The van der Waals surface area contributed by atoms with Crippen molar-refractivity contribution < 1.29 is 12.8 Å². The van der Waals surface area contributed by atoms with Crippen LogP contribution in [0.15, 0.2) is 77.3 Å². The molecule has 1 saturated heterocycles. The molecule has 1 fully saturated rings. The number of imidazole rings is 1. The van der Waals surface area contributed by atoms with E-state index in [2.05, 4.69) is 10.3 Å². The SMILES string of the molecule is O=S(=O)(c1ccc(Cl)cc1)N1CCC(Nc2nccc(-c3c(-c4ccc(F)cc4)nc4sccn34)n2)CC1. The fraction of sp³-hybridized carbons (Fsp3) is 0.192. The summed E-state index contributed by atoms with van der Waals surface area (Å²) in [6.07, 6.45) is 4.85. The van der Waals surface area contributed by atoms with Gasteiger partial charge in [0.05, 0.1) is 16.3 Å². The Hall–Kier alpha value is -3.38. The van der Waals surface area contributed by atoms with Gasteiger partial charge in [-0.05, 0) is 67.4 Å². The first-order valence-electron chi connectivity index (χ1n) is 12.0. The van der Waals surface area contributed by atoms with Crippen LogP contribution in [0, 0.1) is 5.82 Å². The summed E-state index contributed by atoms with van der Waals surface area (Å²) in [5.74, 6) is 0.147. The molecule has 5 aromatic rings. The molecule has 0 radical (unpaired) electrons. The van der Waals surface area contributed by atoms with E-state index in [4.69, 9.17) is 21.6 Å². The van der Waals surface area contributed by atoms with Crippen LogP contribution in [-0.2, 0) is 10.0 Å². The van der Waals surface area contributed by atoms with Crippen LogP contribution in [0.25, 0.3) is 27.6 Å². The number of thiazole rings is 1. The van der Waals surface area contributed by atoms with Gasteiger partial charge in [-0.1, -0.05) is 11.6 Å². The molecule has 4 heterocycles. The molecule has 1 aliphatic heterocycles. The Morgan fingerprint density at radius 2 is 1.74 bits per heavy atom. The van der Waals surface area contributed by atoms with Crippen LogP contribution < -0.4 is 5.32 Å². The smallest absolute Gasteiger partial charge is 0.243 e. The number of benzene rings is 2. The number of anilines is 1. The van der Waals surface area contributed by atoms with Crippen molar-refractivity contribution in [3.05, 3.63) is 83.2 Å². The summed E-state index contributed by atoms with van der Waals surface area (Å²) < 4.78 is 43.0. The number of rotatable bonds is 6. The van der Waals surface area contributed by atoms with E-state index in [1.807, 2.05) is 22.0 Å². The van der Waals surface area contributed by atoms with Crippen LogP contribution in [0.3, 0.4) is 0 Å². The molecule has 3 aromatic heterocycles. The summed E-state index contributed by atoms with van der Waals surface area (Å²) in [6.45, 7) is 0.768. The van der Waals surface area contributed by atoms with Crippen molar-refractivity contribution in [3.8, 4) is 22.6 Å². The van der Waals surface area contributed by atoms with Crippen molar-refractivity contribution in [1.82, 2.24) is 23.7 Å². The maximum atomic E-state index is 13.5. The monoisotopic (exact) mass is 568 g/mol. The van der Waals surface area contributed by atoms with Gasteiger partial charge in [-0.3, -0.25) is 4.40 Å². The molecule has 38 heavy (non-hydrogen) atoms. The highest BCUT2D eigenvalue weighted by molar-refractivity contribution is 7.89. The van der Waals surface area contributed by atoms with E-state index >= 15 is 0 Å². The Morgan fingerprint density at radius 3 is 2.47 bits per heavy atom. The number of aromatic nitrogens is 4. The lowest BCUT2D eigenvalue weighted by molar-refractivity contribution is 0.329. The van der Waals surface area contributed by atoms with E-state index < -0.39 is 10.0 Å². The lowest BCUT2D eigenvalue weighted by Crippen LogP contribution is -2.42. The van der Waals surface area contributed by atoms with Gasteiger partial charge in [-0.15, -0.1) is 11.3 Å². The average Bonchev–Trinajstić information content (AvgIpc) is 3.52. The van der Waals surface area contributed by atoms with Gasteiger partial charge >= 0.3 is 0 Å².